The predicted molar refractivity (Wildman–Crippen MR) is 110 cm³/mol. The van der Waals surface area contributed by atoms with Crippen molar-refractivity contribution >= 4 is 23.1 Å². The maximum atomic E-state index is 5.96. The standard InChI is InChI=1S/C23H20N2O3/c1-26-16-27-18-8-5-9-19(14-18)28-20-11-12-21-22(24-25-23(21)15-20)13-10-17-6-3-2-4-7-17/h2-15H,16H2,1H3,(H,24,25)/b13-10+. The minimum Gasteiger partial charge on any atom is -0.467 e. The molecule has 28 heavy (non-hydrogen) atoms. The first kappa shape index (κ1) is 17.8. The monoisotopic (exact) mass is 372 g/mol. The molecule has 140 valence electrons. The average Bonchev–Trinajstić information content (AvgIpc) is 3.14. The fourth-order valence-electron chi connectivity index (χ4n) is 2.84. The van der Waals surface area contributed by atoms with Gasteiger partial charge in [-0.05, 0) is 35.9 Å². The van der Waals surface area contributed by atoms with Gasteiger partial charge in [-0.15, -0.1) is 0 Å². The van der Waals surface area contributed by atoms with Crippen LogP contribution in [0.25, 0.3) is 23.1 Å². The Hall–Kier alpha value is -3.57. The van der Waals surface area contributed by atoms with Gasteiger partial charge < -0.3 is 14.2 Å². The number of hydrogen-bond acceptors (Lipinski definition) is 4. The van der Waals surface area contributed by atoms with Crippen molar-refractivity contribution in [3.63, 3.8) is 0 Å². The molecular formula is C23H20N2O3. The molecule has 0 unspecified atom stereocenters. The molecule has 0 aliphatic carbocycles. The summed E-state index contributed by atoms with van der Waals surface area (Å²) in [6.45, 7) is 0.197. The molecule has 0 aliphatic heterocycles. The van der Waals surface area contributed by atoms with Gasteiger partial charge in [0, 0.05) is 24.6 Å². The zero-order valence-corrected chi connectivity index (χ0v) is 15.5. The summed E-state index contributed by atoms with van der Waals surface area (Å²) in [4.78, 5) is 0. The number of benzene rings is 3. The molecular weight excluding hydrogens is 352 g/mol. The van der Waals surface area contributed by atoms with E-state index < -0.39 is 0 Å². The molecule has 0 bridgehead atoms. The molecule has 0 radical (unpaired) electrons. The van der Waals surface area contributed by atoms with Gasteiger partial charge in [0.05, 0.1) is 11.2 Å². The van der Waals surface area contributed by atoms with Crippen molar-refractivity contribution in [2.45, 2.75) is 0 Å². The van der Waals surface area contributed by atoms with Crippen molar-refractivity contribution in [1.29, 1.82) is 0 Å². The van der Waals surface area contributed by atoms with Gasteiger partial charge in [-0.25, -0.2) is 0 Å². The second-order valence-electron chi connectivity index (χ2n) is 6.19. The van der Waals surface area contributed by atoms with Crippen LogP contribution in [0.4, 0.5) is 0 Å². The van der Waals surface area contributed by atoms with Crippen LogP contribution in [0.15, 0.2) is 72.8 Å². The van der Waals surface area contributed by atoms with E-state index in [4.69, 9.17) is 14.2 Å². The third kappa shape index (κ3) is 4.22. The van der Waals surface area contributed by atoms with Crippen LogP contribution in [0.1, 0.15) is 11.3 Å². The number of hydrogen-bond donors (Lipinski definition) is 1. The normalized spacial score (nSPS) is 11.2. The van der Waals surface area contributed by atoms with E-state index in [-0.39, 0.29) is 6.79 Å². The lowest BCUT2D eigenvalue weighted by atomic mass is 10.1. The van der Waals surface area contributed by atoms with Crippen molar-refractivity contribution < 1.29 is 14.2 Å². The van der Waals surface area contributed by atoms with Gasteiger partial charge in [-0.2, -0.15) is 5.10 Å². The number of fused-ring (bicyclic) bond motifs is 1. The molecule has 4 rings (SSSR count). The molecule has 0 saturated heterocycles. The number of aromatic nitrogens is 2. The third-order valence-electron chi connectivity index (χ3n) is 4.18. The number of H-pyrrole nitrogens is 1. The molecule has 3 aromatic carbocycles. The molecule has 5 heteroatoms. The van der Waals surface area contributed by atoms with Crippen LogP contribution in [0.3, 0.4) is 0 Å². The van der Waals surface area contributed by atoms with Gasteiger partial charge in [0.15, 0.2) is 6.79 Å². The first-order chi connectivity index (χ1) is 13.8. The third-order valence-corrected chi connectivity index (χ3v) is 4.18. The summed E-state index contributed by atoms with van der Waals surface area (Å²) >= 11 is 0. The average molecular weight is 372 g/mol. The van der Waals surface area contributed by atoms with Gasteiger partial charge in [0.2, 0.25) is 0 Å². The van der Waals surface area contributed by atoms with E-state index in [1.807, 2.05) is 72.8 Å². The largest absolute Gasteiger partial charge is 0.467 e. The molecule has 1 heterocycles. The van der Waals surface area contributed by atoms with Crippen LogP contribution >= 0.6 is 0 Å². The van der Waals surface area contributed by atoms with E-state index in [9.17, 15) is 0 Å². The Morgan fingerprint density at radius 2 is 1.68 bits per heavy atom. The van der Waals surface area contributed by atoms with E-state index in [1.54, 1.807) is 7.11 Å². The van der Waals surface area contributed by atoms with Crippen molar-refractivity contribution in [3.8, 4) is 17.2 Å². The Morgan fingerprint density at radius 3 is 2.54 bits per heavy atom. The Labute approximate surface area is 163 Å². The molecule has 0 amide bonds. The highest BCUT2D eigenvalue weighted by atomic mass is 16.7. The minimum absolute atomic E-state index is 0.197. The second kappa shape index (κ2) is 8.41. The van der Waals surface area contributed by atoms with Gasteiger partial charge in [0.1, 0.15) is 17.2 Å². The van der Waals surface area contributed by atoms with Crippen LogP contribution in [-0.4, -0.2) is 24.1 Å². The second-order valence-corrected chi connectivity index (χ2v) is 6.19. The summed E-state index contributed by atoms with van der Waals surface area (Å²) in [6.07, 6.45) is 4.05. The molecule has 0 atom stereocenters. The minimum atomic E-state index is 0.197. The fraction of sp³-hybridized carbons (Fsp3) is 0.0870. The van der Waals surface area contributed by atoms with Crippen LogP contribution in [0.2, 0.25) is 0 Å². The van der Waals surface area contributed by atoms with E-state index in [0.717, 1.165) is 27.9 Å². The quantitative estimate of drug-likeness (QED) is 0.435. The van der Waals surface area contributed by atoms with E-state index >= 15 is 0 Å². The smallest absolute Gasteiger partial charge is 0.188 e. The summed E-state index contributed by atoms with van der Waals surface area (Å²) in [7, 11) is 1.59. The maximum absolute atomic E-state index is 5.96. The Bertz CT molecular complexity index is 1090. The lowest BCUT2D eigenvalue weighted by Gasteiger charge is -2.08. The summed E-state index contributed by atoms with van der Waals surface area (Å²) in [5.74, 6) is 2.10. The fourth-order valence-corrected chi connectivity index (χ4v) is 2.84. The first-order valence-corrected chi connectivity index (χ1v) is 8.93. The Kier molecular flexibility index (Phi) is 5.36. The summed E-state index contributed by atoms with van der Waals surface area (Å²) < 4.78 is 16.3. The van der Waals surface area contributed by atoms with Crippen LogP contribution < -0.4 is 9.47 Å². The molecule has 4 aromatic rings. The highest BCUT2D eigenvalue weighted by Crippen LogP contribution is 2.28. The van der Waals surface area contributed by atoms with Crippen LogP contribution in [-0.2, 0) is 4.74 Å². The lowest BCUT2D eigenvalue weighted by molar-refractivity contribution is 0.0510. The molecule has 0 spiro atoms. The van der Waals surface area contributed by atoms with E-state index in [0.29, 0.717) is 11.5 Å². The van der Waals surface area contributed by atoms with Crippen molar-refractivity contribution in [1.82, 2.24) is 10.2 Å². The highest BCUT2D eigenvalue weighted by Gasteiger charge is 2.06. The topological polar surface area (TPSA) is 56.4 Å². The van der Waals surface area contributed by atoms with E-state index in [2.05, 4.69) is 22.3 Å². The maximum Gasteiger partial charge on any atom is 0.188 e. The van der Waals surface area contributed by atoms with Gasteiger partial charge in [-0.1, -0.05) is 42.5 Å². The van der Waals surface area contributed by atoms with Crippen molar-refractivity contribution in [2.75, 3.05) is 13.9 Å². The van der Waals surface area contributed by atoms with E-state index in [1.165, 1.54) is 0 Å². The lowest BCUT2D eigenvalue weighted by Crippen LogP contribution is -1.98. The number of aromatic amines is 1. The summed E-state index contributed by atoms with van der Waals surface area (Å²) in [6, 6.07) is 23.5. The predicted octanol–water partition coefficient (Wildman–Crippen LogP) is 5.51. The number of ether oxygens (including phenoxy) is 3. The first-order valence-electron chi connectivity index (χ1n) is 8.93. The van der Waals surface area contributed by atoms with Crippen molar-refractivity contribution in [2.24, 2.45) is 0 Å². The molecule has 5 nitrogen and oxygen atoms in total. The molecule has 0 fully saturated rings. The van der Waals surface area contributed by atoms with Crippen LogP contribution in [0, 0.1) is 0 Å². The summed E-state index contributed by atoms with van der Waals surface area (Å²) in [5, 5.41) is 8.51. The zero-order chi connectivity index (χ0) is 19.2. The molecule has 1 N–H and O–H groups in total. The molecule has 0 saturated carbocycles. The van der Waals surface area contributed by atoms with Gasteiger partial charge in [-0.3, -0.25) is 5.10 Å². The van der Waals surface area contributed by atoms with Gasteiger partial charge >= 0.3 is 0 Å². The Balaban J connectivity index is 1.52. The van der Waals surface area contributed by atoms with Crippen molar-refractivity contribution in [3.05, 3.63) is 84.1 Å². The number of rotatable bonds is 7. The zero-order valence-electron chi connectivity index (χ0n) is 15.5. The SMILES string of the molecule is COCOc1cccc(Oc2ccc3c(/C=C/c4ccccc4)n[nH]c3c2)c1. The number of nitrogens with one attached hydrogen (secondary N) is 1. The van der Waals surface area contributed by atoms with Crippen LogP contribution in [0.5, 0.6) is 17.2 Å². The number of methoxy groups -OCH3 is 1. The highest BCUT2D eigenvalue weighted by molar-refractivity contribution is 5.90. The molecule has 0 aliphatic rings. The summed E-state index contributed by atoms with van der Waals surface area (Å²) in [5.41, 5.74) is 2.94. The molecule has 1 aromatic heterocycles. The number of nitrogens with zero attached hydrogens (tertiary/aromatic N) is 1. The Morgan fingerprint density at radius 1 is 0.857 bits per heavy atom. The van der Waals surface area contributed by atoms with Gasteiger partial charge in [0.25, 0.3) is 0 Å².